The van der Waals surface area contributed by atoms with Gasteiger partial charge in [-0.1, -0.05) is 19.1 Å². The van der Waals surface area contributed by atoms with Crippen LogP contribution in [-0.2, 0) is 19.0 Å². The van der Waals surface area contributed by atoms with E-state index in [-0.39, 0.29) is 29.7 Å². The van der Waals surface area contributed by atoms with Crippen LogP contribution in [0.25, 0.3) is 0 Å². The van der Waals surface area contributed by atoms with E-state index in [0.717, 1.165) is 24.2 Å². The van der Waals surface area contributed by atoms with Gasteiger partial charge in [-0.15, -0.1) is 0 Å². The van der Waals surface area contributed by atoms with Crippen molar-refractivity contribution in [1.82, 2.24) is 0 Å². The second-order valence-electron chi connectivity index (χ2n) is 6.67. The highest BCUT2D eigenvalue weighted by Gasteiger charge is 2.50. The lowest BCUT2D eigenvalue weighted by Crippen LogP contribution is -2.40. The van der Waals surface area contributed by atoms with Crippen molar-refractivity contribution in [3.63, 3.8) is 0 Å². The fourth-order valence-corrected chi connectivity index (χ4v) is 3.73. The number of methoxy groups -OCH3 is 2. The first-order chi connectivity index (χ1) is 11.1. The van der Waals surface area contributed by atoms with Crippen LogP contribution in [0.5, 0.6) is 5.75 Å². The van der Waals surface area contributed by atoms with Crippen LogP contribution < -0.4 is 4.74 Å². The van der Waals surface area contributed by atoms with E-state index in [2.05, 4.69) is 6.92 Å². The molecule has 0 spiro atoms. The standard InChI is InChI=1S/C18H24O5/c1-18(10-16(19)21-3)9-8-15-14(18)11-22-17(23-15)12-4-6-13(20-2)7-5-12/h4-7,14-15,17H,8-11H2,1-3H3/t14-,15-,17+,18+/m1/s1. The van der Waals surface area contributed by atoms with Crippen LogP contribution in [0, 0.1) is 11.3 Å². The van der Waals surface area contributed by atoms with Gasteiger partial charge in [0, 0.05) is 11.5 Å². The molecule has 0 N–H and O–H groups in total. The second kappa shape index (κ2) is 6.49. The molecule has 0 bridgehead atoms. The van der Waals surface area contributed by atoms with E-state index in [1.54, 1.807) is 7.11 Å². The first-order valence-corrected chi connectivity index (χ1v) is 8.03. The second-order valence-corrected chi connectivity index (χ2v) is 6.67. The minimum absolute atomic E-state index is 0.108. The van der Waals surface area contributed by atoms with Gasteiger partial charge in [-0.3, -0.25) is 4.79 Å². The largest absolute Gasteiger partial charge is 0.497 e. The number of hydrogen-bond acceptors (Lipinski definition) is 5. The van der Waals surface area contributed by atoms with E-state index in [0.29, 0.717) is 13.0 Å². The molecule has 2 aliphatic rings. The van der Waals surface area contributed by atoms with Gasteiger partial charge in [-0.2, -0.15) is 0 Å². The van der Waals surface area contributed by atoms with E-state index < -0.39 is 0 Å². The van der Waals surface area contributed by atoms with Gasteiger partial charge in [0.15, 0.2) is 6.29 Å². The zero-order valence-electron chi connectivity index (χ0n) is 13.9. The molecule has 1 aliphatic carbocycles. The molecule has 1 saturated heterocycles. The minimum atomic E-state index is -0.345. The maximum atomic E-state index is 11.7. The monoisotopic (exact) mass is 320 g/mol. The highest BCUT2D eigenvalue weighted by molar-refractivity contribution is 5.70. The summed E-state index contributed by atoms with van der Waals surface area (Å²) in [5.41, 5.74) is 0.883. The number of ether oxygens (including phenoxy) is 4. The zero-order chi connectivity index (χ0) is 16.4. The Balaban J connectivity index is 1.67. The van der Waals surface area contributed by atoms with Crippen molar-refractivity contribution in [2.75, 3.05) is 20.8 Å². The van der Waals surface area contributed by atoms with Crippen molar-refractivity contribution >= 4 is 5.97 Å². The Labute approximate surface area is 136 Å². The molecule has 1 aliphatic heterocycles. The summed E-state index contributed by atoms with van der Waals surface area (Å²) in [6, 6.07) is 7.74. The van der Waals surface area contributed by atoms with Gasteiger partial charge in [0.05, 0.1) is 33.4 Å². The molecule has 2 fully saturated rings. The topological polar surface area (TPSA) is 54.0 Å². The lowest BCUT2D eigenvalue weighted by atomic mass is 9.76. The van der Waals surface area contributed by atoms with E-state index in [1.807, 2.05) is 24.3 Å². The van der Waals surface area contributed by atoms with E-state index in [1.165, 1.54) is 7.11 Å². The normalized spacial score (nSPS) is 33.1. The Kier molecular flexibility index (Phi) is 4.60. The maximum Gasteiger partial charge on any atom is 0.306 e. The maximum absolute atomic E-state index is 11.7. The van der Waals surface area contributed by atoms with Crippen LogP contribution in [0.4, 0.5) is 0 Å². The Morgan fingerprint density at radius 1 is 1.30 bits per heavy atom. The first kappa shape index (κ1) is 16.3. The molecular weight excluding hydrogens is 296 g/mol. The summed E-state index contributed by atoms with van der Waals surface area (Å²) in [5.74, 6) is 0.885. The van der Waals surface area contributed by atoms with Crippen molar-refractivity contribution < 1.29 is 23.7 Å². The first-order valence-electron chi connectivity index (χ1n) is 8.03. The summed E-state index contributed by atoms with van der Waals surface area (Å²) in [5, 5.41) is 0. The van der Waals surface area contributed by atoms with Crippen LogP contribution in [0.1, 0.15) is 38.0 Å². The average molecular weight is 320 g/mol. The number of carbonyl (C=O) groups excluding carboxylic acids is 1. The van der Waals surface area contributed by atoms with Gasteiger partial charge in [-0.25, -0.2) is 0 Å². The van der Waals surface area contributed by atoms with Crippen molar-refractivity contribution in [1.29, 1.82) is 0 Å². The summed E-state index contributed by atoms with van der Waals surface area (Å²) in [6.07, 6.45) is 2.11. The van der Waals surface area contributed by atoms with Crippen LogP contribution in [0.2, 0.25) is 0 Å². The Bertz CT molecular complexity index is 555. The third-order valence-corrected chi connectivity index (χ3v) is 5.23. The molecule has 0 amide bonds. The van der Waals surface area contributed by atoms with Gasteiger partial charge in [0.1, 0.15) is 5.75 Å². The van der Waals surface area contributed by atoms with Crippen LogP contribution in [0.15, 0.2) is 24.3 Å². The summed E-state index contributed by atoms with van der Waals surface area (Å²) in [6.45, 7) is 2.74. The zero-order valence-corrected chi connectivity index (χ0v) is 13.9. The molecular formula is C18H24O5. The number of carbonyl (C=O) groups is 1. The smallest absolute Gasteiger partial charge is 0.306 e. The molecule has 5 heteroatoms. The average Bonchev–Trinajstić information content (AvgIpc) is 2.91. The fraction of sp³-hybridized carbons (Fsp3) is 0.611. The molecule has 23 heavy (non-hydrogen) atoms. The van der Waals surface area contributed by atoms with Crippen molar-refractivity contribution in [2.45, 2.75) is 38.6 Å². The molecule has 1 saturated carbocycles. The SMILES string of the molecule is COC(=O)C[C@]1(C)CC[C@H]2O[C@@H](c3ccc(OC)cc3)OC[C@H]21. The summed E-state index contributed by atoms with van der Waals surface area (Å²) in [7, 11) is 3.08. The van der Waals surface area contributed by atoms with Gasteiger partial charge in [0.25, 0.3) is 0 Å². The quantitative estimate of drug-likeness (QED) is 0.798. The van der Waals surface area contributed by atoms with Crippen LogP contribution in [-0.4, -0.2) is 32.9 Å². The van der Waals surface area contributed by atoms with Gasteiger partial charge in [-0.05, 0) is 30.4 Å². The molecule has 5 nitrogen and oxygen atoms in total. The number of rotatable bonds is 4. The molecule has 0 radical (unpaired) electrons. The molecule has 4 atom stereocenters. The molecule has 3 rings (SSSR count). The van der Waals surface area contributed by atoms with Crippen LogP contribution >= 0.6 is 0 Å². The Hall–Kier alpha value is -1.59. The van der Waals surface area contributed by atoms with Gasteiger partial charge >= 0.3 is 5.97 Å². The summed E-state index contributed by atoms with van der Waals surface area (Å²) >= 11 is 0. The highest BCUT2D eigenvalue weighted by atomic mass is 16.7. The van der Waals surface area contributed by atoms with E-state index in [9.17, 15) is 4.79 Å². The number of hydrogen-bond donors (Lipinski definition) is 0. The third-order valence-electron chi connectivity index (χ3n) is 5.23. The molecule has 1 aromatic rings. The summed E-state index contributed by atoms with van der Waals surface area (Å²) in [4.78, 5) is 11.7. The number of benzene rings is 1. The Morgan fingerprint density at radius 2 is 2.04 bits per heavy atom. The van der Waals surface area contributed by atoms with Crippen molar-refractivity contribution in [3.05, 3.63) is 29.8 Å². The predicted molar refractivity (Wildman–Crippen MR) is 84.0 cm³/mol. The van der Waals surface area contributed by atoms with E-state index in [4.69, 9.17) is 18.9 Å². The van der Waals surface area contributed by atoms with Crippen molar-refractivity contribution in [2.24, 2.45) is 11.3 Å². The number of fused-ring (bicyclic) bond motifs is 1. The van der Waals surface area contributed by atoms with Crippen LogP contribution in [0.3, 0.4) is 0 Å². The Morgan fingerprint density at radius 3 is 2.70 bits per heavy atom. The molecule has 1 heterocycles. The van der Waals surface area contributed by atoms with Crippen molar-refractivity contribution in [3.8, 4) is 5.75 Å². The highest BCUT2D eigenvalue weighted by Crippen LogP contribution is 2.51. The predicted octanol–water partition coefficient (Wildman–Crippen LogP) is 3.09. The minimum Gasteiger partial charge on any atom is -0.497 e. The number of esters is 1. The molecule has 126 valence electrons. The third kappa shape index (κ3) is 3.21. The molecule has 0 aromatic heterocycles. The van der Waals surface area contributed by atoms with Gasteiger partial charge in [0.2, 0.25) is 0 Å². The lowest BCUT2D eigenvalue weighted by molar-refractivity contribution is -0.244. The lowest BCUT2D eigenvalue weighted by Gasteiger charge is -2.39. The van der Waals surface area contributed by atoms with Gasteiger partial charge < -0.3 is 18.9 Å². The molecule has 1 aromatic carbocycles. The van der Waals surface area contributed by atoms with E-state index >= 15 is 0 Å². The fourth-order valence-electron chi connectivity index (χ4n) is 3.73. The molecule has 0 unspecified atom stereocenters. The summed E-state index contributed by atoms with van der Waals surface area (Å²) < 4.78 is 22.1.